The van der Waals surface area contributed by atoms with Crippen LogP contribution >= 0.6 is 24.8 Å². The van der Waals surface area contributed by atoms with Gasteiger partial charge in [0.15, 0.2) is 0 Å². The summed E-state index contributed by atoms with van der Waals surface area (Å²) in [7, 11) is 1.68. The number of nitrogens with zero attached hydrogens (tertiary/aromatic N) is 2. The number of halogens is 2. The molecule has 1 aromatic heterocycles. The zero-order valence-corrected chi connectivity index (χ0v) is 13.6. The van der Waals surface area contributed by atoms with Crippen molar-refractivity contribution in [3.8, 4) is 11.4 Å². The van der Waals surface area contributed by atoms with E-state index >= 15 is 0 Å². The predicted molar refractivity (Wildman–Crippen MR) is 89.5 cm³/mol. The molecule has 1 saturated heterocycles. The van der Waals surface area contributed by atoms with Crippen LogP contribution in [0.5, 0.6) is 5.75 Å². The zero-order valence-electron chi connectivity index (χ0n) is 12.0. The lowest BCUT2D eigenvalue weighted by atomic mass is 9.94. The van der Waals surface area contributed by atoms with Crippen LogP contribution in [-0.4, -0.2) is 30.0 Å². The summed E-state index contributed by atoms with van der Waals surface area (Å²) in [6.45, 7) is 2.19. The van der Waals surface area contributed by atoms with Crippen LogP contribution in [0, 0.1) is 0 Å². The third kappa shape index (κ3) is 3.90. The molecule has 1 aliphatic heterocycles. The van der Waals surface area contributed by atoms with E-state index in [0.717, 1.165) is 24.5 Å². The highest BCUT2D eigenvalue weighted by atomic mass is 35.5. The Hall–Kier alpha value is -1.23. The maximum absolute atomic E-state index is 5.20. The fourth-order valence-electron chi connectivity index (χ4n) is 2.68. The van der Waals surface area contributed by atoms with Gasteiger partial charge in [0.25, 0.3) is 0 Å². The van der Waals surface area contributed by atoms with Crippen molar-refractivity contribution in [2.45, 2.75) is 18.8 Å². The van der Waals surface area contributed by atoms with E-state index < -0.39 is 0 Å². The van der Waals surface area contributed by atoms with Gasteiger partial charge in [0, 0.05) is 17.8 Å². The van der Waals surface area contributed by atoms with Crippen LogP contribution in [0.1, 0.15) is 24.5 Å². The van der Waals surface area contributed by atoms with Crippen molar-refractivity contribution in [1.82, 2.24) is 15.1 Å². The first-order valence-corrected chi connectivity index (χ1v) is 6.77. The van der Waals surface area contributed by atoms with E-state index in [0.29, 0.717) is 5.92 Å². The van der Waals surface area contributed by atoms with Crippen LogP contribution in [0.15, 0.2) is 36.5 Å². The van der Waals surface area contributed by atoms with Crippen LogP contribution in [-0.2, 0) is 0 Å². The SMILES string of the molecule is COc1ccc(-n2nccc2C2CCNCC2)cc1.Cl.Cl. The molecule has 0 unspecified atom stereocenters. The highest BCUT2D eigenvalue weighted by Gasteiger charge is 2.19. The molecule has 1 fully saturated rings. The number of benzene rings is 1. The van der Waals surface area contributed by atoms with Crippen LogP contribution in [0.4, 0.5) is 0 Å². The molecule has 1 aromatic carbocycles. The quantitative estimate of drug-likeness (QED) is 0.939. The van der Waals surface area contributed by atoms with Gasteiger partial charge in [-0.2, -0.15) is 5.10 Å². The summed E-state index contributed by atoms with van der Waals surface area (Å²) in [5.74, 6) is 1.48. The molecule has 6 heteroatoms. The number of hydrogen-bond donors (Lipinski definition) is 1. The monoisotopic (exact) mass is 329 g/mol. The van der Waals surface area contributed by atoms with E-state index in [4.69, 9.17) is 4.74 Å². The van der Waals surface area contributed by atoms with Gasteiger partial charge in [-0.3, -0.25) is 0 Å². The van der Waals surface area contributed by atoms with Gasteiger partial charge < -0.3 is 10.1 Å². The predicted octanol–water partition coefficient (Wildman–Crippen LogP) is 3.19. The lowest BCUT2D eigenvalue weighted by Crippen LogP contribution is -2.27. The summed E-state index contributed by atoms with van der Waals surface area (Å²) < 4.78 is 7.25. The molecule has 0 spiro atoms. The number of piperidine rings is 1. The third-order valence-electron chi connectivity index (χ3n) is 3.75. The normalized spacial score (nSPS) is 14.9. The van der Waals surface area contributed by atoms with E-state index in [-0.39, 0.29) is 24.8 Å². The molecule has 0 atom stereocenters. The molecule has 0 aliphatic carbocycles. The van der Waals surface area contributed by atoms with E-state index in [1.54, 1.807) is 7.11 Å². The maximum atomic E-state index is 5.20. The Morgan fingerprint density at radius 1 is 1.10 bits per heavy atom. The Morgan fingerprint density at radius 3 is 2.38 bits per heavy atom. The topological polar surface area (TPSA) is 39.1 Å². The average molecular weight is 330 g/mol. The first kappa shape index (κ1) is 17.8. The van der Waals surface area contributed by atoms with Crippen molar-refractivity contribution in [2.24, 2.45) is 0 Å². The Balaban J connectivity index is 0.00000110. The molecule has 116 valence electrons. The smallest absolute Gasteiger partial charge is 0.119 e. The molecule has 3 rings (SSSR count). The van der Waals surface area contributed by atoms with Crippen LogP contribution in [0.25, 0.3) is 5.69 Å². The molecule has 1 N–H and O–H groups in total. The molecule has 0 bridgehead atoms. The fraction of sp³-hybridized carbons (Fsp3) is 0.400. The Bertz CT molecular complexity index is 536. The molecule has 21 heavy (non-hydrogen) atoms. The molecule has 4 nitrogen and oxygen atoms in total. The highest BCUT2D eigenvalue weighted by molar-refractivity contribution is 5.85. The van der Waals surface area contributed by atoms with Crippen molar-refractivity contribution in [3.63, 3.8) is 0 Å². The van der Waals surface area contributed by atoms with Crippen molar-refractivity contribution in [1.29, 1.82) is 0 Å². The largest absolute Gasteiger partial charge is 0.497 e. The van der Waals surface area contributed by atoms with Gasteiger partial charge in [-0.15, -0.1) is 24.8 Å². The van der Waals surface area contributed by atoms with Crippen LogP contribution in [0.3, 0.4) is 0 Å². The van der Waals surface area contributed by atoms with Gasteiger partial charge in [0.2, 0.25) is 0 Å². The average Bonchev–Trinajstić information content (AvgIpc) is 2.98. The lowest BCUT2D eigenvalue weighted by molar-refractivity contribution is 0.414. The second-order valence-electron chi connectivity index (χ2n) is 4.89. The molecule has 0 saturated carbocycles. The van der Waals surface area contributed by atoms with Gasteiger partial charge >= 0.3 is 0 Å². The van der Waals surface area contributed by atoms with Crippen molar-refractivity contribution in [2.75, 3.05) is 20.2 Å². The molecular formula is C15H21Cl2N3O. The molecule has 0 radical (unpaired) electrons. The second-order valence-corrected chi connectivity index (χ2v) is 4.89. The highest BCUT2D eigenvalue weighted by Crippen LogP contribution is 2.27. The summed E-state index contributed by atoms with van der Waals surface area (Å²) in [4.78, 5) is 0. The Labute approximate surface area is 137 Å². The second kappa shape index (κ2) is 8.27. The summed E-state index contributed by atoms with van der Waals surface area (Å²) in [6.07, 6.45) is 4.26. The molecule has 2 heterocycles. The molecular weight excluding hydrogens is 309 g/mol. The minimum atomic E-state index is 0. The van der Waals surface area contributed by atoms with Gasteiger partial charge in [0.1, 0.15) is 5.75 Å². The van der Waals surface area contributed by atoms with Crippen LogP contribution in [0.2, 0.25) is 0 Å². The van der Waals surface area contributed by atoms with Crippen LogP contribution < -0.4 is 10.1 Å². The number of hydrogen-bond acceptors (Lipinski definition) is 3. The van der Waals surface area contributed by atoms with E-state index in [1.165, 1.54) is 18.5 Å². The van der Waals surface area contributed by atoms with Crippen molar-refractivity contribution >= 4 is 24.8 Å². The lowest BCUT2D eigenvalue weighted by Gasteiger charge is -2.23. The zero-order chi connectivity index (χ0) is 13.1. The summed E-state index contributed by atoms with van der Waals surface area (Å²) >= 11 is 0. The van der Waals surface area contributed by atoms with Crippen molar-refractivity contribution in [3.05, 3.63) is 42.2 Å². The third-order valence-corrected chi connectivity index (χ3v) is 3.75. The number of methoxy groups -OCH3 is 1. The number of nitrogens with one attached hydrogen (secondary N) is 1. The number of rotatable bonds is 3. The Morgan fingerprint density at radius 2 is 1.76 bits per heavy atom. The van der Waals surface area contributed by atoms with Gasteiger partial charge in [-0.1, -0.05) is 0 Å². The van der Waals surface area contributed by atoms with E-state index in [9.17, 15) is 0 Å². The Kier molecular flexibility index (Phi) is 7.02. The van der Waals surface area contributed by atoms with Gasteiger partial charge in [-0.25, -0.2) is 4.68 Å². The molecule has 1 aliphatic rings. The molecule has 2 aromatic rings. The standard InChI is InChI=1S/C15H19N3O.2ClH/c1-19-14-4-2-13(3-5-14)18-15(8-11-17-18)12-6-9-16-10-7-12;;/h2-5,8,11-12,16H,6-7,9-10H2,1H3;2*1H. The minimum Gasteiger partial charge on any atom is -0.497 e. The van der Waals surface area contributed by atoms with Crippen molar-refractivity contribution < 1.29 is 4.74 Å². The first-order chi connectivity index (χ1) is 9.38. The van der Waals surface area contributed by atoms with E-state index in [2.05, 4.69) is 33.3 Å². The first-order valence-electron chi connectivity index (χ1n) is 6.77. The van der Waals surface area contributed by atoms with Gasteiger partial charge in [0.05, 0.1) is 12.8 Å². The van der Waals surface area contributed by atoms with Gasteiger partial charge in [-0.05, 0) is 56.3 Å². The number of aromatic nitrogens is 2. The summed E-state index contributed by atoms with van der Waals surface area (Å²) in [5.41, 5.74) is 2.41. The minimum absolute atomic E-state index is 0. The summed E-state index contributed by atoms with van der Waals surface area (Å²) in [5, 5.41) is 7.88. The van der Waals surface area contributed by atoms with E-state index in [1.807, 2.05) is 18.3 Å². The number of ether oxygens (including phenoxy) is 1. The maximum Gasteiger partial charge on any atom is 0.119 e. The molecule has 0 amide bonds. The summed E-state index contributed by atoms with van der Waals surface area (Å²) in [6, 6.07) is 10.2. The fourth-order valence-corrected chi connectivity index (χ4v) is 2.68.